The van der Waals surface area contributed by atoms with Gasteiger partial charge in [-0.15, -0.1) is 0 Å². The summed E-state index contributed by atoms with van der Waals surface area (Å²) < 4.78 is 0. The van der Waals surface area contributed by atoms with Crippen molar-refractivity contribution in [3.63, 3.8) is 0 Å². The van der Waals surface area contributed by atoms with Crippen molar-refractivity contribution in [3.05, 3.63) is 29.3 Å². The Hall–Kier alpha value is -2.70. The monoisotopic (exact) mass is 317 g/mol. The Morgan fingerprint density at radius 1 is 1.09 bits per heavy atom. The number of amides is 5. The van der Waals surface area contributed by atoms with Crippen LogP contribution >= 0.6 is 0 Å². The molecule has 1 N–H and O–H groups in total. The minimum absolute atomic E-state index is 0.438. The van der Waals surface area contributed by atoms with Gasteiger partial charge in [-0.1, -0.05) is 6.07 Å². The largest absolute Gasteiger partial charge is 0.334 e. The number of carbonyl (C=O) groups excluding carboxylic acids is 4. The van der Waals surface area contributed by atoms with Crippen LogP contribution in [0.2, 0.25) is 0 Å². The molecule has 5 amide bonds. The minimum Gasteiger partial charge on any atom is -0.325 e. The van der Waals surface area contributed by atoms with Gasteiger partial charge in [0.25, 0.3) is 0 Å². The van der Waals surface area contributed by atoms with Crippen molar-refractivity contribution in [1.82, 2.24) is 9.80 Å². The lowest BCUT2D eigenvalue weighted by atomic mass is 10.1. The fourth-order valence-corrected chi connectivity index (χ4v) is 2.28. The maximum atomic E-state index is 12.1. The van der Waals surface area contributed by atoms with Crippen LogP contribution < -0.4 is 5.32 Å². The van der Waals surface area contributed by atoms with Crippen LogP contribution in [0.25, 0.3) is 0 Å². The molecule has 0 atom stereocenters. The Labute approximate surface area is 134 Å². The van der Waals surface area contributed by atoms with Gasteiger partial charge in [-0.3, -0.25) is 19.3 Å². The summed E-state index contributed by atoms with van der Waals surface area (Å²) in [6, 6.07) is 4.20. The number of rotatable bonds is 4. The first-order valence-corrected chi connectivity index (χ1v) is 7.28. The summed E-state index contributed by atoms with van der Waals surface area (Å²) in [5.74, 6) is -2.41. The standard InChI is InChI=1S/C16H19N3O4/c1-9(2)19-15(22)14(21)18(16(19)23)8-13(20)17-12-6-5-10(3)11(4)7-12/h5-7,9H,8H2,1-4H3,(H,17,20). The zero-order chi connectivity index (χ0) is 17.3. The second-order valence-electron chi connectivity index (χ2n) is 5.79. The van der Waals surface area contributed by atoms with Crippen LogP contribution in [0.3, 0.4) is 0 Å². The third-order valence-corrected chi connectivity index (χ3v) is 3.69. The highest BCUT2D eigenvalue weighted by atomic mass is 16.2. The molecule has 0 unspecified atom stereocenters. The number of nitrogens with zero attached hydrogens (tertiary/aromatic N) is 2. The maximum absolute atomic E-state index is 12.1. The molecule has 7 nitrogen and oxygen atoms in total. The highest BCUT2D eigenvalue weighted by Crippen LogP contribution is 2.17. The molecule has 0 bridgehead atoms. The molecule has 1 heterocycles. The number of nitrogens with one attached hydrogen (secondary N) is 1. The summed E-state index contributed by atoms with van der Waals surface area (Å²) in [7, 11) is 0. The van der Waals surface area contributed by atoms with Crippen molar-refractivity contribution < 1.29 is 19.2 Å². The SMILES string of the molecule is Cc1ccc(NC(=O)CN2C(=O)C(=O)N(C(C)C)C2=O)cc1C. The van der Waals surface area contributed by atoms with E-state index in [0.29, 0.717) is 10.6 Å². The van der Waals surface area contributed by atoms with Crippen LogP contribution in [0.1, 0.15) is 25.0 Å². The van der Waals surface area contributed by atoms with Crippen LogP contribution in [-0.2, 0) is 14.4 Å². The first-order chi connectivity index (χ1) is 10.7. The van der Waals surface area contributed by atoms with E-state index >= 15 is 0 Å². The molecule has 1 saturated heterocycles. The second kappa shape index (κ2) is 6.20. The summed E-state index contributed by atoms with van der Waals surface area (Å²) in [5, 5.41) is 2.62. The van der Waals surface area contributed by atoms with E-state index in [9.17, 15) is 19.2 Å². The van der Waals surface area contributed by atoms with E-state index in [1.807, 2.05) is 19.9 Å². The molecule has 23 heavy (non-hydrogen) atoms. The summed E-state index contributed by atoms with van der Waals surface area (Å²) in [4.78, 5) is 49.3. The molecule has 1 fully saturated rings. The van der Waals surface area contributed by atoms with Gasteiger partial charge in [0.1, 0.15) is 6.54 Å². The topological polar surface area (TPSA) is 86.8 Å². The van der Waals surface area contributed by atoms with Gasteiger partial charge in [0, 0.05) is 11.7 Å². The van der Waals surface area contributed by atoms with Gasteiger partial charge in [-0.25, -0.2) is 9.69 Å². The Morgan fingerprint density at radius 3 is 2.26 bits per heavy atom. The number of urea groups is 1. The van der Waals surface area contributed by atoms with Gasteiger partial charge in [0.15, 0.2) is 0 Å². The first kappa shape index (κ1) is 16.7. The number of imide groups is 2. The Bertz CT molecular complexity index is 697. The quantitative estimate of drug-likeness (QED) is 0.672. The predicted molar refractivity (Wildman–Crippen MR) is 83.6 cm³/mol. The molecule has 0 aliphatic carbocycles. The van der Waals surface area contributed by atoms with Gasteiger partial charge < -0.3 is 5.32 Å². The van der Waals surface area contributed by atoms with E-state index < -0.39 is 36.3 Å². The van der Waals surface area contributed by atoms with Gasteiger partial charge in [-0.05, 0) is 51.0 Å². The number of hydrogen-bond acceptors (Lipinski definition) is 4. The second-order valence-corrected chi connectivity index (χ2v) is 5.79. The van der Waals surface area contributed by atoms with Crippen molar-refractivity contribution in [1.29, 1.82) is 0 Å². The van der Waals surface area contributed by atoms with Gasteiger partial charge in [0.2, 0.25) is 5.91 Å². The van der Waals surface area contributed by atoms with E-state index in [1.165, 1.54) is 0 Å². The predicted octanol–water partition coefficient (Wildman–Crippen LogP) is 1.44. The van der Waals surface area contributed by atoms with Crippen LogP contribution in [0, 0.1) is 13.8 Å². The van der Waals surface area contributed by atoms with E-state index in [-0.39, 0.29) is 0 Å². The summed E-state index contributed by atoms with van der Waals surface area (Å²) in [5.41, 5.74) is 2.67. The van der Waals surface area contributed by atoms with E-state index in [1.54, 1.807) is 26.0 Å². The zero-order valence-corrected chi connectivity index (χ0v) is 13.5. The van der Waals surface area contributed by atoms with E-state index in [0.717, 1.165) is 16.0 Å². The average molecular weight is 317 g/mol. The Morgan fingerprint density at radius 2 is 1.74 bits per heavy atom. The van der Waals surface area contributed by atoms with Crippen LogP contribution in [0.5, 0.6) is 0 Å². The molecule has 0 aromatic heterocycles. The van der Waals surface area contributed by atoms with Crippen molar-refractivity contribution in [2.75, 3.05) is 11.9 Å². The van der Waals surface area contributed by atoms with Gasteiger partial charge in [-0.2, -0.15) is 0 Å². The third-order valence-electron chi connectivity index (χ3n) is 3.69. The number of aryl methyl sites for hydroxylation is 2. The zero-order valence-electron chi connectivity index (χ0n) is 13.5. The Balaban J connectivity index is 2.08. The van der Waals surface area contributed by atoms with Gasteiger partial charge >= 0.3 is 17.8 Å². The van der Waals surface area contributed by atoms with Crippen molar-refractivity contribution in [2.45, 2.75) is 33.7 Å². The van der Waals surface area contributed by atoms with Crippen molar-refractivity contribution >= 4 is 29.4 Å². The molecule has 1 aromatic rings. The number of anilines is 1. The van der Waals surface area contributed by atoms with Gasteiger partial charge in [0.05, 0.1) is 0 Å². The van der Waals surface area contributed by atoms with Crippen LogP contribution in [0.15, 0.2) is 18.2 Å². The molecule has 122 valence electrons. The summed E-state index contributed by atoms with van der Waals surface area (Å²) >= 11 is 0. The first-order valence-electron chi connectivity index (χ1n) is 7.28. The fourth-order valence-electron chi connectivity index (χ4n) is 2.28. The number of benzene rings is 1. The van der Waals surface area contributed by atoms with Crippen LogP contribution in [0.4, 0.5) is 10.5 Å². The summed E-state index contributed by atoms with van der Waals surface area (Å²) in [6.07, 6.45) is 0. The van der Waals surface area contributed by atoms with Crippen LogP contribution in [-0.4, -0.2) is 46.1 Å². The molecular formula is C16H19N3O4. The maximum Gasteiger partial charge on any atom is 0.334 e. The Kier molecular flexibility index (Phi) is 4.49. The van der Waals surface area contributed by atoms with E-state index in [2.05, 4.69) is 5.32 Å². The molecule has 7 heteroatoms. The normalized spacial score (nSPS) is 14.9. The molecule has 1 aliphatic heterocycles. The lowest BCUT2D eigenvalue weighted by Gasteiger charge is -2.18. The average Bonchev–Trinajstić information content (AvgIpc) is 2.67. The highest BCUT2D eigenvalue weighted by Gasteiger charge is 2.46. The lowest BCUT2D eigenvalue weighted by molar-refractivity contribution is -0.144. The highest BCUT2D eigenvalue weighted by molar-refractivity contribution is 6.45. The summed E-state index contributed by atoms with van der Waals surface area (Å²) in [6.45, 7) is 6.63. The smallest absolute Gasteiger partial charge is 0.325 e. The minimum atomic E-state index is -0.973. The van der Waals surface area contributed by atoms with E-state index in [4.69, 9.17) is 0 Å². The molecule has 0 radical (unpaired) electrons. The molecule has 1 aliphatic rings. The molecule has 1 aromatic carbocycles. The molecule has 0 saturated carbocycles. The molecule has 0 spiro atoms. The molecular weight excluding hydrogens is 298 g/mol. The van der Waals surface area contributed by atoms with Crippen molar-refractivity contribution in [3.8, 4) is 0 Å². The van der Waals surface area contributed by atoms with Crippen molar-refractivity contribution in [2.24, 2.45) is 0 Å². The lowest BCUT2D eigenvalue weighted by Crippen LogP contribution is -2.40. The fraction of sp³-hybridized carbons (Fsp3) is 0.375. The molecule has 2 rings (SSSR count). The number of carbonyl (C=O) groups is 4. The third kappa shape index (κ3) is 3.23. The number of hydrogen-bond donors (Lipinski definition) is 1.